The Hall–Kier alpha value is -2.09. The number of rotatable bonds is 9. The Labute approximate surface area is 211 Å². The van der Waals surface area contributed by atoms with E-state index in [1.54, 1.807) is 36.1 Å². The molecule has 186 valence electrons. The Bertz CT molecular complexity index is 902. The van der Waals surface area contributed by atoms with E-state index in [1.165, 1.54) is 30.2 Å². The highest BCUT2D eigenvalue weighted by Gasteiger charge is 2.38. The fourth-order valence-corrected chi connectivity index (χ4v) is 4.75. The second-order valence-corrected chi connectivity index (χ2v) is 9.46. The summed E-state index contributed by atoms with van der Waals surface area (Å²) < 4.78 is 5.07. The molecule has 34 heavy (non-hydrogen) atoms. The number of likely N-dealkylation sites (tertiary alicyclic amines) is 1. The zero-order valence-electron chi connectivity index (χ0n) is 19.7. The van der Waals surface area contributed by atoms with Gasteiger partial charge in [0.1, 0.15) is 6.04 Å². The van der Waals surface area contributed by atoms with Crippen molar-refractivity contribution in [2.45, 2.75) is 45.1 Å². The van der Waals surface area contributed by atoms with Gasteiger partial charge in [-0.2, -0.15) is 0 Å². The SMILES string of the molecule is CCOC(=O)CC1C(=O)N(CCCN2CCCCC2)CCN1C(=O)/C=C/c1ccc(Cl)c(Cl)c1. The van der Waals surface area contributed by atoms with Crippen LogP contribution in [-0.2, 0) is 19.1 Å². The Balaban J connectivity index is 1.64. The van der Waals surface area contributed by atoms with Gasteiger partial charge in [-0.05, 0) is 69.6 Å². The van der Waals surface area contributed by atoms with Gasteiger partial charge in [0.05, 0.1) is 23.1 Å². The van der Waals surface area contributed by atoms with Gasteiger partial charge in [0.2, 0.25) is 11.8 Å². The Morgan fingerprint density at radius 1 is 1.06 bits per heavy atom. The van der Waals surface area contributed by atoms with Gasteiger partial charge in [-0.1, -0.05) is 35.7 Å². The maximum atomic E-state index is 13.3. The lowest BCUT2D eigenvalue weighted by Crippen LogP contribution is -2.59. The molecule has 0 N–H and O–H groups in total. The molecule has 0 aliphatic carbocycles. The zero-order valence-corrected chi connectivity index (χ0v) is 21.2. The largest absolute Gasteiger partial charge is 0.466 e. The maximum Gasteiger partial charge on any atom is 0.308 e. The van der Waals surface area contributed by atoms with Gasteiger partial charge >= 0.3 is 5.97 Å². The second-order valence-electron chi connectivity index (χ2n) is 8.64. The number of nitrogens with zero attached hydrogens (tertiary/aromatic N) is 3. The van der Waals surface area contributed by atoms with E-state index in [9.17, 15) is 14.4 Å². The lowest BCUT2D eigenvalue weighted by molar-refractivity contribution is -0.156. The number of carbonyl (C=O) groups excluding carboxylic acids is 3. The van der Waals surface area contributed by atoms with Crippen LogP contribution in [0.25, 0.3) is 6.08 Å². The van der Waals surface area contributed by atoms with Gasteiger partial charge in [0.15, 0.2) is 0 Å². The molecular formula is C25H33Cl2N3O4. The summed E-state index contributed by atoms with van der Waals surface area (Å²) in [6.45, 7) is 6.58. The first-order valence-corrected chi connectivity index (χ1v) is 12.7. The molecule has 7 nitrogen and oxygen atoms in total. The van der Waals surface area contributed by atoms with Crippen molar-refractivity contribution in [3.8, 4) is 0 Å². The van der Waals surface area contributed by atoms with Gasteiger partial charge in [0.25, 0.3) is 0 Å². The van der Waals surface area contributed by atoms with Crippen LogP contribution in [0, 0.1) is 0 Å². The molecule has 2 heterocycles. The van der Waals surface area contributed by atoms with E-state index in [1.807, 2.05) is 0 Å². The Morgan fingerprint density at radius 3 is 2.53 bits per heavy atom. The second kappa shape index (κ2) is 13.1. The van der Waals surface area contributed by atoms with E-state index in [0.29, 0.717) is 35.2 Å². The molecule has 3 rings (SSSR count). The molecule has 0 bridgehead atoms. The number of carbonyl (C=O) groups is 3. The van der Waals surface area contributed by atoms with E-state index >= 15 is 0 Å². The van der Waals surface area contributed by atoms with Crippen molar-refractivity contribution in [2.24, 2.45) is 0 Å². The summed E-state index contributed by atoms with van der Waals surface area (Å²) in [5.41, 5.74) is 0.715. The lowest BCUT2D eigenvalue weighted by Gasteiger charge is -2.40. The molecule has 1 unspecified atom stereocenters. The highest BCUT2D eigenvalue weighted by atomic mass is 35.5. The quantitative estimate of drug-likeness (QED) is 0.373. The Morgan fingerprint density at radius 2 is 1.82 bits per heavy atom. The third kappa shape index (κ3) is 7.45. The van der Waals surface area contributed by atoms with E-state index in [2.05, 4.69) is 4.90 Å². The molecule has 0 spiro atoms. The average Bonchev–Trinajstić information content (AvgIpc) is 2.83. The lowest BCUT2D eigenvalue weighted by atomic mass is 10.1. The molecule has 1 aromatic carbocycles. The van der Waals surface area contributed by atoms with Crippen molar-refractivity contribution in [1.82, 2.24) is 14.7 Å². The average molecular weight is 510 g/mol. The highest BCUT2D eigenvalue weighted by molar-refractivity contribution is 6.42. The molecule has 0 aromatic heterocycles. The fourth-order valence-electron chi connectivity index (χ4n) is 4.45. The predicted octanol–water partition coefficient (Wildman–Crippen LogP) is 3.88. The van der Waals surface area contributed by atoms with Gasteiger partial charge in [-0.25, -0.2) is 0 Å². The minimum absolute atomic E-state index is 0.151. The summed E-state index contributed by atoms with van der Waals surface area (Å²) in [5.74, 6) is -1.02. The number of piperidine rings is 1. The van der Waals surface area contributed by atoms with Crippen LogP contribution in [0.2, 0.25) is 10.0 Å². The minimum Gasteiger partial charge on any atom is -0.466 e. The van der Waals surface area contributed by atoms with Crippen LogP contribution in [0.15, 0.2) is 24.3 Å². The molecule has 2 saturated heterocycles. The van der Waals surface area contributed by atoms with Gasteiger partial charge in [0, 0.05) is 25.7 Å². The summed E-state index contributed by atoms with van der Waals surface area (Å²) in [6.07, 6.45) is 7.51. The van der Waals surface area contributed by atoms with Crippen molar-refractivity contribution < 1.29 is 19.1 Å². The van der Waals surface area contributed by atoms with E-state index in [4.69, 9.17) is 27.9 Å². The van der Waals surface area contributed by atoms with Crippen molar-refractivity contribution >= 4 is 47.1 Å². The molecule has 1 atom stereocenters. The molecule has 9 heteroatoms. The molecule has 1 aromatic rings. The van der Waals surface area contributed by atoms with Crippen molar-refractivity contribution in [1.29, 1.82) is 0 Å². The number of hydrogen-bond acceptors (Lipinski definition) is 5. The van der Waals surface area contributed by atoms with E-state index < -0.39 is 12.0 Å². The molecule has 2 aliphatic rings. The van der Waals surface area contributed by atoms with Gasteiger partial charge in [-0.3, -0.25) is 14.4 Å². The number of esters is 1. The normalized spacial score (nSPS) is 19.6. The Kier molecular flexibility index (Phi) is 10.2. The highest BCUT2D eigenvalue weighted by Crippen LogP contribution is 2.23. The van der Waals surface area contributed by atoms with E-state index in [0.717, 1.165) is 26.1 Å². The molecule has 2 fully saturated rings. The monoisotopic (exact) mass is 509 g/mol. The maximum absolute atomic E-state index is 13.3. The van der Waals surface area contributed by atoms with Crippen LogP contribution >= 0.6 is 23.2 Å². The number of amides is 2. The van der Waals surface area contributed by atoms with Crippen LogP contribution in [-0.4, -0.2) is 84.4 Å². The summed E-state index contributed by atoms with van der Waals surface area (Å²) in [5, 5.41) is 0.825. The van der Waals surface area contributed by atoms with Crippen molar-refractivity contribution in [3.63, 3.8) is 0 Å². The fraction of sp³-hybridized carbons (Fsp3) is 0.560. The van der Waals surface area contributed by atoms with Gasteiger partial charge < -0.3 is 19.4 Å². The standard InChI is InChI=1S/C25H33Cl2N3O4/c1-2-34-24(32)18-22-25(33)29(14-6-13-28-11-4-3-5-12-28)15-16-30(22)23(31)10-8-19-7-9-20(26)21(27)17-19/h7-10,17,22H,2-6,11-16,18H2,1H3/b10-8+. The smallest absolute Gasteiger partial charge is 0.308 e. The van der Waals surface area contributed by atoms with Crippen LogP contribution < -0.4 is 0 Å². The zero-order chi connectivity index (χ0) is 24.5. The van der Waals surface area contributed by atoms with Crippen LogP contribution in [0.3, 0.4) is 0 Å². The van der Waals surface area contributed by atoms with E-state index in [-0.39, 0.29) is 24.8 Å². The number of hydrogen-bond donors (Lipinski definition) is 0. The first-order valence-electron chi connectivity index (χ1n) is 12.0. The minimum atomic E-state index is -0.867. The summed E-state index contributed by atoms with van der Waals surface area (Å²) >= 11 is 12.0. The third-order valence-corrected chi connectivity index (χ3v) is 6.98. The van der Waals surface area contributed by atoms with Crippen molar-refractivity contribution in [3.05, 3.63) is 39.9 Å². The topological polar surface area (TPSA) is 70.2 Å². The summed E-state index contributed by atoms with van der Waals surface area (Å²) in [7, 11) is 0. The van der Waals surface area contributed by atoms with Crippen LogP contribution in [0.1, 0.15) is 44.6 Å². The first-order chi connectivity index (χ1) is 16.4. The molecular weight excluding hydrogens is 477 g/mol. The third-order valence-electron chi connectivity index (χ3n) is 6.25. The first kappa shape index (κ1) is 26.5. The number of benzene rings is 1. The van der Waals surface area contributed by atoms with Crippen LogP contribution in [0.4, 0.5) is 0 Å². The molecule has 2 aliphatic heterocycles. The molecule has 0 radical (unpaired) electrons. The van der Waals surface area contributed by atoms with Gasteiger partial charge in [-0.15, -0.1) is 0 Å². The number of ether oxygens (including phenoxy) is 1. The van der Waals surface area contributed by atoms with Crippen molar-refractivity contribution in [2.75, 3.05) is 45.9 Å². The molecule has 2 amide bonds. The summed E-state index contributed by atoms with van der Waals surface area (Å²) in [4.78, 5) is 44.2. The number of halogens is 2. The van der Waals surface area contributed by atoms with Crippen LogP contribution in [0.5, 0.6) is 0 Å². The predicted molar refractivity (Wildman–Crippen MR) is 134 cm³/mol. The molecule has 0 saturated carbocycles. The number of piperazine rings is 1. The summed E-state index contributed by atoms with van der Waals surface area (Å²) in [6, 6.07) is 4.20.